The Morgan fingerprint density at radius 3 is 2.16 bits per heavy atom. The lowest BCUT2D eigenvalue weighted by atomic mass is 9.99. The first-order valence-corrected chi connectivity index (χ1v) is 16.1. The molecule has 3 N–H and O–H groups in total. The summed E-state index contributed by atoms with van der Waals surface area (Å²) >= 11 is 0. The van der Waals surface area contributed by atoms with Gasteiger partial charge in [0, 0.05) is 17.7 Å². The van der Waals surface area contributed by atoms with E-state index in [1.165, 1.54) is 0 Å². The molecule has 3 aromatic carbocycles. The van der Waals surface area contributed by atoms with Crippen molar-refractivity contribution in [1.82, 2.24) is 0 Å². The molecule has 0 aliphatic rings. The Hall–Kier alpha value is -3.42. The maximum atomic E-state index is 12.4. The summed E-state index contributed by atoms with van der Waals surface area (Å²) in [7, 11) is -1.80. The summed E-state index contributed by atoms with van der Waals surface area (Å²) in [6.45, 7) is 11.8. The number of aryl methyl sites for hydroxylation is 1. The van der Waals surface area contributed by atoms with E-state index in [4.69, 9.17) is 4.43 Å². The van der Waals surface area contributed by atoms with Crippen LogP contribution < -0.4 is 10.6 Å². The van der Waals surface area contributed by atoms with E-state index >= 15 is 0 Å². The van der Waals surface area contributed by atoms with E-state index in [0.29, 0.717) is 18.7 Å². The van der Waals surface area contributed by atoms with E-state index < -0.39 is 14.4 Å². The predicted octanol–water partition coefficient (Wildman–Crippen LogP) is 8.32. The summed E-state index contributed by atoms with van der Waals surface area (Å²) in [4.78, 5) is 23.8. The molecule has 202 valence electrons. The van der Waals surface area contributed by atoms with Crippen LogP contribution >= 0.6 is 0 Å². The quantitative estimate of drug-likeness (QED) is 0.171. The van der Waals surface area contributed by atoms with E-state index in [0.717, 1.165) is 47.2 Å². The van der Waals surface area contributed by atoms with Gasteiger partial charge in [0.2, 0.25) is 5.91 Å². The normalized spacial score (nSPS) is 11.7. The number of benzene rings is 3. The summed E-state index contributed by atoms with van der Waals surface area (Å²) in [5, 5.41) is 14.9. The molecule has 3 aromatic rings. The van der Waals surface area contributed by atoms with Crippen LogP contribution in [0.1, 0.15) is 51.2 Å². The smallest absolute Gasteiger partial charge is 0.409 e. The van der Waals surface area contributed by atoms with Crippen molar-refractivity contribution < 1.29 is 19.1 Å². The number of hydrogen-bond acceptors (Lipinski definition) is 3. The fraction of sp³-hybridized carbons (Fsp3) is 0.355. The molecule has 0 heterocycles. The van der Waals surface area contributed by atoms with Gasteiger partial charge in [-0.3, -0.25) is 10.1 Å². The van der Waals surface area contributed by atoms with Crippen molar-refractivity contribution in [2.45, 2.75) is 71.2 Å². The van der Waals surface area contributed by atoms with Crippen LogP contribution in [0.3, 0.4) is 0 Å². The van der Waals surface area contributed by atoms with E-state index in [-0.39, 0.29) is 10.9 Å². The lowest BCUT2D eigenvalue weighted by molar-refractivity contribution is -0.116. The average molecular weight is 533 g/mol. The van der Waals surface area contributed by atoms with Gasteiger partial charge in [0.1, 0.15) is 0 Å². The minimum absolute atomic E-state index is 0.0112. The Balaban J connectivity index is 1.46. The maximum Gasteiger partial charge on any atom is 0.409 e. The van der Waals surface area contributed by atoms with Crippen LogP contribution in [0.15, 0.2) is 72.8 Å². The fourth-order valence-corrected chi connectivity index (χ4v) is 4.80. The van der Waals surface area contributed by atoms with Crippen LogP contribution in [0.2, 0.25) is 18.1 Å². The van der Waals surface area contributed by atoms with Gasteiger partial charge >= 0.3 is 6.09 Å². The Bertz CT molecular complexity index is 1220. The molecule has 6 nitrogen and oxygen atoms in total. The first-order chi connectivity index (χ1) is 17.9. The molecule has 3 rings (SSSR count). The number of hydrogen-bond donors (Lipinski definition) is 3. The van der Waals surface area contributed by atoms with Crippen molar-refractivity contribution in [3.63, 3.8) is 0 Å². The molecule has 0 saturated heterocycles. The van der Waals surface area contributed by atoms with E-state index in [1.807, 2.05) is 72.8 Å². The van der Waals surface area contributed by atoms with Gasteiger partial charge in [0.15, 0.2) is 8.32 Å². The molecule has 38 heavy (non-hydrogen) atoms. The van der Waals surface area contributed by atoms with E-state index in [2.05, 4.69) is 44.5 Å². The third kappa shape index (κ3) is 8.57. The van der Waals surface area contributed by atoms with Crippen molar-refractivity contribution in [3.05, 3.63) is 83.9 Å². The molecule has 2 amide bonds. The molecule has 0 bridgehead atoms. The van der Waals surface area contributed by atoms with Gasteiger partial charge in [-0.2, -0.15) is 0 Å². The summed E-state index contributed by atoms with van der Waals surface area (Å²) in [6, 6.07) is 23.4. The largest absolute Gasteiger partial charge is 0.465 e. The standard InChI is InChI=1S/C31H40N2O4Si/c1-31(2,3)38(4,5)37-22-24-15-18-26(19-16-24)32-29(34)14-10-9-11-23-17-20-27(25-12-7-6-8-13-25)28(21-23)33-30(35)36/h6-8,12-13,15-21,33H,9-11,14,22H2,1-5H3,(H,32,34)(H,35,36). The van der Waals surface area contributed by atoms with E-state index in [9.17, 15) is 14.7 Å². The van der Waals surface area contributed by atoms with Crippen molar-refractivity contribution >= 4 is 31.7 Å². The van der Waals surface area contributed by atoms with Crippen LogP contribution in [0.5, 0.6) is 0 Å². The van der Waals surface area contributed by atoms with Crippen LogP contribution in [-0.4, -0.2) is 25.4 Å². The monoisotopic (exact) mass is 532 g/mol. The topological polar surface area (TPSA) is 87.7 Å². The first-order valence-electron chi connectivity index (χ1n) is 13.2. The van der Waals surface area contributed by atoms with Crippen molar-refractivity contribution in [3.8, 4) is 11.1 Å². The van der Waals surface area contributed by atoms with Crippen molar-refractivity contribution in [2.75, 3.05) is 10.6 Å². The van der Waals surface area contributed by atoms with Gasteiger partial charge in [-0.15, -0.1) is 0 Å². The molecule has 7 heteroatoms. The van der Waals surface area contributed by atoms with Crippen LogP contribution in [0, 0.1) is 0 Å². The van der Waals surface area contributed by atoms with Gasteiger partial charge in [-0.05, 0) is 72.3 Å². The van der Waals surface area contributed by atoms with Crippen LogP contribution in [0.25, 0.3) is 11.1 Å². The second-order valence-electron chi connectivity index (χ2n) is 11.2. The zero-order chi connectivity index (χ0) is 27.8. The number of rotatable bonds is 11. The Morgan fingerprint density at radius 1 is 0.868 bits per heavy atom. The SMILES string of the molecule is CC(C)(C)[Si](C)(C)OCc1ccc(NC(=O)CCCCc2ccc(-c3ccccc3)c(NC(=O)O)c2)cc1. The second-order valence-corrected chi connectivity index (χ2v) is 16.0. The van der Waals surface area contributed by atoms with Gasteiger partial charge in [-0.25, -0.2) is 4.79 Å². The van der Waals surface area contributed by atoms with Crippen molar-refractivity contribution in [2.24, 2.45) is 0 Å². The molecule has 0 aromatic heterocycles. The lowest BCUT2D eigenvalue weighted by Crippen LogP contribution is -2.40. The summed E-state index contributed by atoms with van der Waals surface area (Å²) in [6.07, 6.45) is 1.67. The summed E-state index contributed by atoms with van der Waals surface area (Å²) < 4.78 is 6.28. The third-order valence-corrected chi connectivity index (χ3v) is 11.7. The Labute approximate surface area is 227 Å². The molecule has 0 radical (unpaired) electrons. The Morgan fingerprint density at radius 2 is 1.53 bits per heavy atom. The number of carbonyl (C=O) groups is 2. The number of nitrogens with one attached hydrogen (secondary N) is 2. The van der Waals surface area contributed by atoms with Crippen molar-refractivity contribution in [1.29, 1.82) is 0 Å². The number of carbonyl (C=O) groups excluding carboxylic acids is 1. The molecule has 0 saturated carbocycles. The molecular formula is C31H40N2O4Si. The van der Waals surface area contributed by atoms with Crippen LogP contribution in [0.4, 0.5) is 16.2 Å². The molecule has 0 atom stereocenters. The maximum absolute atomic E-state index is 12.4. The highest BCUT2D eigenvalue weighted by molar-refractivity contribution is 6.74. The van der Waals surface area contributed by atoms with Gasteiger partial charge < -0.3 is 14.8 Å². The van der Waals surface area contributed by atoms with Gasteiger partial charge in [0.05, 0.1) is 12.3 Å². The molecular weight excluding hydrogens is 492 g/mol. The highest BCUT2D eigenvalue weighted by atomic mass is 28.4. The number of anilines is 2. The third-order valence-electron chi connectivity index (χ3n) is 7.17. The minimum Gasteiger partial charge on any atom is -0.465 e. The number of carboxylic acid groups (broad SMARTS) is 1. The molecule has 0 aliphatic carbocycles. The molecule has 0 spiro atoms. The summed E-state index contributed by atoms with van der Waals surface area (Å²) in [5.74, 6) is -0.0112. The summed E-state index contributed by atoms with van der Waals surface area (Å²) in [5.41, 5.74) is 5.28. The molecule has 0 fully saturated rings. The number of unbranched alkanes of at least 4 members (excludes halogenated alkanes) is 1. The van der Waals surface area contributed by atoms with Gasteiger partial charge in [0.25, 0.3) is 0 Å². The fourth-order valence-electron chi connectivity index (χ4n) is 3.84. The van der Waals surface area contributed by atoms with E-state index in [1.54, 1.807) is 0 Å². The number of amides is 2. The second kappa shape index (κ2) is 12.9. The molecule has 0 unspecified atom stereocenters. The lowest BCUT2D eigenvalue weighted by Gasteiger charge is -2.36. The van der Waals surface area contributed by atoms with Gasteiger partial charge in [-0.1, -0.05) is 75.4 Å². The highest BCUT2D eigenvalue weighted by Crippen LogP contribution is 2.37. The Kier molecular flexibility index (Phi) is 9.88. The van der Waals surface area contributed by atoms with Crippen LogP contribution in [-0.2, 0) is 22.2 Å². The highest BCUT2D eigenvalue weighted by Gasteiger charge is 2.37. The predicted molar refractivity (Wildman–Crippen MR) is 158 cm³/mol. The zero-order valence-corrected chi connectivity index (χ0v) is 24.1. The minimum atomic E-state index is -1.80. The first kappa shape index (κ1) is 29.1. The average Bonchev–Trinajstić information content (AvgIpc) is 2.86. The zero-order valence-electron chi connectivity index (χ0n) is 23.1. The molecule has 0 aliphatic heterocycles.